The quantitative estimate of drug-likeness (QED) is 0.593. The predicted octanol–water partition coefficient (Wildman–Crippen LogP) is 2.40. The van der Waals surface area contributed by atoms with Gasteiger partial charge in [0.2, 0.25) is 0 Å². The molecule has 0 aromatic heterocycles. The van der Waals surface area contributed by atoms with Crippen LogP contribution in [0.2, 0.25) is 0 Å². The first-order valence-electron chi connectivity index (χ1n) is 1.85. The normalized spacial score (nSPS) is 12.9. The molecule has 9 heavy (non-hydrogen) atoms. The van der Waals surface area contributed by atoms with Crippen LogP contribution in [0.1, 0.15) is 0 Å². The average Bonchev–Trinajstić information content (AvgIpc) is 1.63. The maximum Gasteiger partial charge on any atom is 0.412 e. The van der Waals surface area contributed by atoms with Crippen molar-refractivity contribution in [3.63, 3.8) is 0 Å². The smallest absolute Gasteiger partial charge is 0.302 e. The minimum absolute atomic E-state index is 0.0203. The van der Waals surface area contributed by atoms with Crippen molar-refractivity contribution in [2.24, 2.45) is 4.52 Å². The summed E-state index contributed by atoms with van der Waals surface area (Å²) in [4.78, 5) is 0. The second kappa shape index (κ2) is 4.15. The first-order valence-corrected chi connectivity index (χ1v) is 3.13. The van der Waals surface area contributed by atoms with Gasteiger partial charge in [-0.25, -0.2) is 4.52 Å². The van der Waals surface area contributed by atoms with Gasteiger partial charge in [-0.3, -0.25) is 0 Å². The third kappa shape index (κ3) is 8.28. The summed E-state index contributed by atoms with van der Waals surface area (Å²) < 4.78 is 40.8. The number of hydrogen-bond acceptors (Lipinski definition) is 2. The second-order valence-electron chi connectivity index (χ2n) is 1.09. The molecule has 0 amide bonds. The van der Waals surface area contributed by atoms with Crippen LogP contribution in [0.25, 0.3) is 0 Å². The fourth-order valence-corrected chi connectivity index (χ4v) is 0.606. The number of rotatable bonds is 2. The third-order valence-corrected chi connectivity index (χ3v) is 0.955. The molecule has 0 spiro atoms. The van der Waals surface area contributed by atoms with E-state index in [1.807, 2.05) is 9.39 Å². The molecular weight excluding hydrogens is 173 g/mol. The minimum atomic E-state index is -4.25. The zero-order valence-electron chi connectivity index (χ0n) is 4.22. The summed E-state index contributed by atoms with van der Waals surface area (Å²) in [5.74, 6) is 0. The molecule has 1 unspecified atom stereocenters. The maximum absolute atomic E-state index is 11.2. The average molecular weight is 177 g/mol. The molecule has 2 nitrogen and oxygen atoms in total. The van der Waals surface area contributed by atoms with Crippen molar-refractivity contribution in [2.75, 3.05) is 6.61 Å². The Morgan fingerprint density at radius 3 is 2.44 bits per heavy atom. The molecule has 0 aliphatic carbocycles. The molecule has 0 aliphatic rings. The van der Waals surface area contributed by atoms with Gasteiger partial charge in [0.1, 0.15) is 0 Å². The number of halogens is 3. The Kier molecular flexibility index (Phi) is 4.28. The van der Waals surface area contributed by atoms with E-state index in [2.05, 4.69) is 9.04 Å². The number of alkyl halides is 3. The molecule has 0 saturated carbocycles. The Bertz CT molecular complexity index is 102. The van der Waals surface area contributed by atoms with E-state index < -0.39 is 12.8 Å². The topological polar surface area (TPSA) is 21.6 Å². The van der Waals surface area contributed by atoms with Crippen LogP contribution in [-0.2, 0) is 4.52 Å². The van der Waals surface area contributed by atoms with Crippen LogP contribution in [0.3, 0.4) is 0 Å². The highest BCUT2D eigenvalue weighted by atomic mass is 31.1. The lowest BCUT2D eigenvalue weighted by atomic mass is 10.7. The summed E-state index contributed by atoms with van der Waals surface area (Å²) in [6.07, 6.45) is -4.25. The number of nitrogens with zero attached hydrogens (tertiary/aromatic N) is 1. The van der Waals surface area contributed by atoms with E-state index >= 15 is 0 Å². The fourth-order valence-electron chi connectivity index (χ4n) is 0.135. The SMILES string of the molecule is FC(F)(F)COP=NP. The monoisotopic (exact) mass is 177 g/mol. The molecule has 0 rings (SSSR count). The summed E-state index contributed by atoms with van der Waals surface area (Å²) in [5.41, 5.74) is 0. The van der Waals surface area contributed by atoms with Crippen molar-refractivity contribution >= 4 is 18.0 Å². The van der Waals surface area contributed by atoms with E-state index in [0.29, 0.717) is 0 Å². The predicted molar refractivity (Wildman–Crippen MR) is 31.1 cm³/mol. The van der Waals surface area contributed by atoms with Gasteiger partial charge in [0.05, 0.1) is 0 Å². The summed E-state index contributed by atoms with van der Waals surface area (Å²) in [6, 6.07) is 0. The molecule has 0 aromatic rings. The molecular formula is C2H4F3NOP2. The molecule has 0 fully saturated rings. The van der Waals surface area contributed by atoms with Crippen LogP contribution in [0.5, 0.6) is 0 Å². The Labute approximate surface area is 54.0 Å². The van der Waals surface area contributed by atoms with E-state index in [9.17, 15) is 13.2 Å². The Morgan fingerprint density at radius 2 is 2.11 bits per heavy atom. The summed E-state index contributed by atoms with van der Waals surface area (Å²) in [6.45, 7) is -1.24. The molecule has 0 aromatic carbocycles. The van der Waals surface area contributed by atoms with Crippen molar-refractivity contribution in [3.05, 3.63) is 0 Å². The van der Waals surface area contributed by atoms with Gasteiger partial charge in [0, 0.05) is 0 Å². The molecule has 0 N–H and O–H groups in total. The highest BCUT2D eigenvalue weighted by Gasteiger charge is 2.27. The Balaban J connectivity index is 3.28. The van der Waals surface area contributed by atoms with Gasteiger partial charge in [0.15, 0.2) is 15.2 Å². The molecule has 0 aliphatic heterocycles. The van der Waals surface area contributed by atoms with Crippen LogP contribution >= 0.6 is 18.0 Å². The highest BCUT2D eigenvalue weighted by molar-refractivity contribution is 7.31. The van der Waals surface area contributed by atoms with Gasteiger partial charge < -0.3 is 4.52 Å². The van der Waals surface area contributed by atoms with Crippen LogP contribution in [0.15, 0.2) is 4.52 Å². The van der Waals surface area contributed by atoms with Crippen molar-refractivity contribution in [2.45, 2.75) is 6.18 Å². The second-order valence-corrected chi connectivity index (χ2v) is 2.43. The fraction of sp³-hybridized carbons (Fsp3) is 1.00. The van der Waals surface area contributed by atoms with E-state index in [-0.39, 0.29) is 8.60 Å². The van der Waals surface area contributed by atoms with Crippen LogP contribution in [0, 0.1) is 0 Å². The molecule has 0 saturated heterocycles. The largest absolute Gasteiger partial charge is 0.412 e. The van der Waals surface area contributed by atoms with Gasteiger partial charge >= 0.3 is 6.18 Å². The highest BCUT2D eigenvalue weighted by Crippen LogP contribution is 2.18. The van der Waals surface area contributed by atoms with Crippen molar-refractivity contribution in [1.82, 2.24) is 0 Å². The summed E-state index contributed by atoms with van der Waals surface area (Å²) in [5, 5.41) is 0. The van der Waals surface area contributed by atoms with Crippen LogP contribution in [-0.4, -0.2) is 12.8 Å². The Hall–Kier alpha value is 0.280. The van der Waals surface area contributed by atoms with Gasteiger partial charge in [-0.1, -0.05) is 0 Å². The lowest BCUT2D eigenvalue weighted by molar-refractivity contribution is -0.151. The molecule has 0 heterocycles. The molecule has 0 radical (unpaired) electrons. The van der Waals surface area contributed by atoms with Crippen LogP contribution < -0.4 is 0 Å². The molecule has 54 valence electrons. The molecule has 1 atom stereocenters. The van der Waals surface area contributed by atoms with Crippen molar-refractivity contribution in [1.29, 1.82) is 0 Å². The lowest BCUT2D eigenvalue weighted by Gasteiger charge is -2.00. The first-order chi connectivity index (χ1) is 4.06. The van der Waals surface area contributed by atoms with E-state index in [0.717, 1.165) is 0 Å². The van der Waals surface area contributed by atoms with Gasteiger partial charge in [0.25, 0.3) is 0 Å². The summed E-state index contributed by atoms with van der Waals surface area (Å²) >= 11 is 0. The van der Waals surface area contributed by atoms with Crippen molar-refractivity contribution < 1.29 is 17.7 Å². The van der Waals surface area contributed by atoms with Crippen LogP contribution in [0.4, 0.5) is 13.2 Å². The lowest BCUT2D eigenvalue weighted by Crippen LogP contribution is -2.13. The first kappa shape index (κ1) is 9.28. The van der Waals surface area contributed by atoms with Gasteiger partial charge in [-0.05, 0) is 9.39 Å². The number of hydrogen-bond donors (Lipinski definition) is 0. The Morgan fingerprint density at radius 1 is 1.56 bits per heavy atom. The maximum atomic E-state index is 11.2. The minimum Gasteiger partial charge on any atom is -0.302 e. The third-order valence-electron chi connectivity index (χ3n) is 0.333. The van der Waals surface area contributed by atoms with Gasteiger partial charge in [-0.15, -0.1) is 0 Å². The zero-order valence-corrected chi connectivity index (χ0v) is 6.27. The summed E-state index contributed by atoms with van der Waals surface area (Å²) in [7, 11) is 1.87. The standard InChI is InChI=1S/C2H4F3NOP2/c3-2(4,5)1-7-9-6-8/h1,8H2. The molecule has 0 bridgehead atoms. The van der Waals surface area contributed by atoms with E-state index in [1.165, 1.54) is 0 Å². The zero-order chi connectivity index (χ0) is 7.33. The van der Waals surface area contributed by atoms with Crippen molar-refractivity contribution in [3.8, 4) is 0 Å². The molecule has 7 heteroatoms. The van der Waals surface area contributed by atoms with Gasteiger partial charge in [-0.2, -0.15) is 13.2 Å². The van der Waals surface area contributed by atoms with E-state index in [4.69, 9.17) is 0 Å². The van der Waals surface area contributed by atoms with E-state index in [1.54, 1.807) is 0 Å².